The van der Waals surface area contributed by atoms with Crippen LogP contribution in [0.4, 0.5) is 17.6 Å². The first-order valence-electron chi connectivity index (χ1n) is 13.5. The molecule has 2 aliphatic rings. The van der Waals surface area contributed by atoms with Crippen molar-refractivity contribution in [3.63, 3.8) is 0 Å². The van der Waals surface area contributed by atoms with Crippen LogP contribution in [0.3, 0.4) is 0 Å². The molecule has 1 aliphatic carbocycles. The first kappa shape index (κ1) is 33.7. The average Bonchev–Trinajstić information content (AvgIpc) is 3.14. The number of carbonyl (C=O) groups is 3. The molecule has 4 rings (SSSR count). The molecule has 1 saturated carbocycles. The third-order valence-electron chi connectivity index (χ3n) is 7.98. The Hall–Kier alpha value is -2.76. The zero-order valence-electron chi connectivity index (χ0n) is 24.1. The third kappa shape index (κ3) is 7.41. The maximum Gasteiger partial charge on any atom is 1.00 e. The number of aliphatic carboxylic acids is 1. The summed E-state index contributed by atoms with van der Waals surface area (Å²) in [4.78, 5) is 42.9. The molecule has 0 aromatic heterocycles. The largest absolute Gasteiger partial charge is 1.00 e. The average molecular weight is 598 g/mol. The fourth-order valence-corrected chi connectivity index (χ4v) is 5.61. The van der Waals surface area contributed by atoms with Crippen molar-refractivity contribution >= 4 is 23.5 Å². The van der Waals surface area contributed by atoms with Crippen LogP contribution in [-0.4, -0.2) is 40.6 Å². The molecular weight excluding hydrogens is 565 g/mol. The summed E-state index contributed by atoms with van der Waals surface area (Å²) < 4.78 is 55.2. The minimum atomic E-state index is -4.59. The van der Waals surface area contributed by atoms with Gasteiger partial charge in [0.2, 0.25) is 0 Å². The van der Waals surface area contributed by atoms with Crippen LogP contribution in [0.25, 0.3) is 0 Å². The number of benzene rings is 2. The molecule has 0 atom stereocenters. The summed E-state index contributed by atoms with van der Waals surface area (Å²) >= 11 is 0. The molecule has 2 amide bonds. The topological polar surface area (TPSA) is 102 Å². The molecule has 2 aromatic carbocycles. The monoisotopic (exact) mass is 597 g/mol. The van der Waals surface area contributed by atoms with Crippen molar-refractivity contribution in [2.24, 2.45) is 16.3 Å². The van der Waals surface area contributed by atoms with Crippen LogP contribution >= 0.6 is 0 Å². The van der Waals surface area contributed by atoms with Gasteiger partial charge >= 0.3 is 35.7 Å². The van der Waals surface area contributed by atoms with Gasteiger partial charge in [0, 0.05) is 31.0 Å². The van der Waals surface area contributed by atoms with Crippen LogP contribution in [0, 0.1) is 17.2 Å². The summed E-state index contributed by atoms with van der Waals surface area (Å²) in [6.07, 6.45) is -2.49. The molecule has 220 valence electrons. The van der Waals surface area contributed by atoms with Crippen LogP contribution in [0.2, 0.25) is 0 Å². The van der Waals surface area contributed by atoms with Gasteiger partial charge in [-0.2, -0.15) is 13.2 Å². The Labute approximate surface area is 264 Å². The zero-order chi connectivity index (χ0) is 30.2. The van der Waals surface area contributed by atoms with Crippen molar-refractivity contribution in [2.75, 3.05) is 6.54 Å². The van der Waals surface area contributed by atoms with Crippen molar-refractivity contribution in [1.29, 1.82) is 0 Å². The number of hydrogen-bond acceptors (Lipinski definition) is 5. The van der Waals surface area contributed by atoms with E-state index in [2.05, 4.69) is 26.1 Å². The van der Waals surface area contributed by atoms with E-state index in [9.17, 15) is 37.1 Å². The molecule has 1 spiro atoms. The van der Waals surface area contributed by atoms with Crippen LogP contribution in [-0.2, 0) is 22.3 Å². The van der Waals surface area contributed by atoms with E-state index < -0.39 is 47.4 Å². The van der Waals surface area contributed by atoms with Gasteiger partial charge in [0.1, 0.15) is 17.2 Å². The van der Waals surface area contributed by atoms with E-state index in [4.69, 9.17) is 4.99 Å². The fraction of sp³-hybridized carbons (Fsp3) is 0.467. The van der Waals surface area contributed by atoms with E-state index in [1.807, 2.05) is 0 Å². The standard InChI is InChI=1S/C30H33F4N3O4.Na/c1-28(2,3)20-9-12-29(13-10-20)36-25(19-5-4-6-21(16-19)30(32,33)34)27(41)37(29)17-18-7-8-22(23(31)15-18)26(40)35-14-11-24(38)39;/h4-8,15-16,20H,9-14,17H2,1-3H3,(H,35,40)(H,38,39);/q;+1/p-1. The number of carboxylic acids is 1. The minimum Gasteiger partial charge on any atom is -0.550 e. The first-order valence-corrected chi connectivity index (χ1v) is 13.5. The number of carboxylic acid groups (broad SMARTS) is 1. The van der Waals surface area contributed by atoms with Crippen molar-refractivity contribution in [3.8, 4) is 0 Å². The van der Waals surface area contributed by atoms with E-state index in [0.717, 1.165) is 31.0 Å². The maximum absolute atomic E-state index is 14.9. The Morgan fingerprint density at radius 3 is 2.33 bits per heavy atom. The predicted molar refractivity (Wildman–Crippen MR) is 141 cm³/mol. The summed E-state index contributed by atoms with van der Waals surface area (Å²) in [6.45, 7) is 6.14. The summed E-state index contributed by atoms with van der Waals surface area (Å²) in [5, 5.41) is 12.9. The Bertz CT molecular complexity index is 1380. The predicted octanol–water partition coefficient (Wildman–Crippen LogP) is 1.48. The Kier molecular flexibility index (Phi) is 10.3. The quantitative estimate of drug-likeness (QED) is 0.386. The zero-order valence-corrected chi connectivity index (χ0v) is 26.1. The minimum absolute atomic E-state index is 0. The fourth-order valence-electron chi connectivity index (χ4n) is 5.61. The molecule has 0 radical (unpaired) electrons. The molecule has 42 heavy (non-hydrogen) atoms. The Morgan fingerprint density at radius 2 is 1.76 bits per heavy atom. The van der Waals surface area contributed by atoms with Gasteiger partial charge in [-0.1, -0.05) is 39.0 Å². The Morgan fingerprint density at radius 1 is 1.10 bits per heavy atom. The van der Waals surface area contributed by atoms with Crippen molar-refractivity contribution < 1.29 is 66.6 Å². The number of halogens is 4. The number of hydrogen-bond donors (Lipinski definition) is 1. The van der Waals surface area contributed by atoms with Gasteiger partial charge in [0.15, 0.2) is 0 Å². The van der Waals surface area contributed by atoms with Crippen LogP contribution in [0.15, 0.2) is 47.5 Å². The maximum atomic E-state index is 14.9. The van der Waals surface area contributed by atoms with Crippen molar-refractivity contribution in [3.05, 3.63) is 70.5 Å². The van der Waals surface area contributed by atoms with E-state index in [1.165, 1.54) is 29.2 Å². The first-order chi connectivity index (χ1) is 19.1. The smallest absolute Gasteiger partial charge is 0.550 e. The summed E-state index contributed by atoms with van der Waals surface area (Å²) in [7, 11) is 0. The molecule has 1 N–H and O–H groups in total. The number of amides is 2. The molecule has 0 saturated heterocycles. The van der Waals surface area contributed by atoms with E-state index in [-0.39, 0.29) is 64.9 Å². The number of nitrogens with zero attached hydrogens (tertiary/aromatic N) is 2. The Balaban J connectivity index is 0.00000484. The number of nitrogens with one attached hydrogen (secondary N) is 1. The third-order valence-corrected chi connectivity index (χ3v) is 7.98. The van der Waals surface area contributed by atoms with Crippen molar-refractivity contribution in [1.82, 2.24) is 10.2 Å². The van der Waals surface area contributed by atoms with Gasteiger partial charge in [0.25, 0.3) is 11.8 Å². The van der Waals surface area contributed by atoms with E-state index in [0.29, 0.717) is 24.3 Å². The molecular formula is C30H32F4N3NaO4. The second kappa shape index (κ2) is 12.9. The number of alkyl halides is 3. The second-order valence-corrected chi connectivity index (χ2v) is 11.7. The SMILES string of the molecule is CC(C)(C)C1CCC2(CC1)N=C(c1cccc(C(F)(F)F)c1)C(=O)N2Cc1ccc(C(=O)NCCC(=O)[O-])c(F)c1.[Na+]. The van der Waals surface area contributed by atoms with Gasteiger partial charge in [0.05, 0.1) is 11.1 Å². The second-order valence-electron chi connectivity index (χ2n) is 11.7. The number of rotatable bonds is 7. The van der Waals surface area contributed by atoms with Crippen LogP contribution in [0.1, 0.15) is 79.9 Å². The summed E-state index contributed by atoms with van der Waals surface area (Å²) in [6, 6.07) is 8.38. The molecule has 1 aliphatic heterocycles. The molecule has 1 fully saturated rings. The van der Waals surface area contributed by atoms with Gasteiger partial charge < -0.3 is 20.1 Å². The molecule has 7 nitrogen and oxygen atoms in total. The van der Waals surface area contributed by atoms with Gasteiger partial charge in [-0.15, -0.1) is 0 Å². The number of carbonyl (C=O) groups excluding carboxylic acids is 3. The normalized spacial score (nSPS) is 20.7. The van der Waals surface area contributed by atoms with Crippen molar-refractivity contribution in [2.45, 2.75) is 71.3 Å². The molecule has 0 unspecified atom stereocenters. The summed E-state index contributed by atoms with van der Waals surface area (Å²) in [5.41, 5.74) is -1.75. The number of aliphatic imine (C=N–C) groups is 1. The summed E-state index contributed by atoms with van der Waals surface area (Å²) in [5.74, 6) is -3.18. The molecule has 2 aromatic rings. The van der Waals surface area contributed by atoms with Crippen LogP contribution in [0.5, 0.6) is 0 Å². The van der Waals surface area contributed by atoms with Gasteiger partial charge in [-0.05, 0) is 66.8 Å². The van der Waals surface area contributed by atoms with E-state index in [1.54, 1.807) is 0 Å². The van der Waals surface area contributed by atoms with Crippen LogP contribution < -0.4 is 40.0 Å². The molecule has 0 bridgehead atoms. The molecule has 12 heteroatoms. The van der Waals surface area contributed by atoms with Gasteiger partial charge in [-0.25, -0.2) is 4.39 Å². The van der Waals surface area contributed by atoms with E-state index >= 15 is 0 Å². The van der Waals surface area contributed by atoms with Gasteiger partial charge in [-0.3, -0.25) is 14.6 Å². The molecule has 1 heterocycles.